The molecule has 0 aliphatic carbocycles. The van der Waals surface area contributed by atoms with Gasteiger partial charge >= 0.3 is 5.97 Å². The molecule has 0 aromatic heterocycles. The lowest BCUT2D eigenvalue weighted by Gasteiger charge is -2.38. The standard InChI is InChI=1S/C14H21ClO3Si/c1-14(2,3)19(4,5)18-12(13(16)17)10-6-8-11(15)9-7-10/h6-9,12H,1-5H3,(H,16,17). The lowest BCUT2D eigenvalue weighted by atomic mass is 10.1. The van der Waals surface area contributed by atoms with Crippen molar-refractivity contribution in [3.63, 3.8) is 0 Å². The summed E-state index contributed by atoms with van der Waals surface area (Å²) in [5.74, 6) is -0.966. The molecule has 1 aromatic carbocycles. The molecule has 0 saturated heterocycles. The fourth-order valence-electron chi connectivity index (χ4n) is 1.37. The van der Waals surface area contributed by atoms with Crippen molar-refractivity contribution < 1.29 is 14.3 Å². The van der Waals surface area contributed by atoms with Crippen molar-refractivity contribution in [3.8, 4) is 0 Å². The van der Waals surface area contributed by atoms with Gasteiger partial charge < -0.3 is 9.53 Å². The van der Waals surface area contributed by atoms with Crippen molar-refractivity contribution in [2.75, 3.05) is 0 Å². The van der Waals surface area contributed by atoms with Crippen LogP contribution in [-0.4, -0.2) is 19.4 Å². The second-order valence-corrected chi connectivity index (χ2v) is 11.3. The Bertz CT molecular complexity index is 449. The molecule has 0 heterocycles. The van der Waals surface area contributed by atoms with Crippen molar-refractivity contribution in [3.05, 3.63) is 34.9 Å². The van der Waals surface area contributed by atoms with Gasteiger partial charge in [-0.1, -0.05) is 44.5 Å². The van der Waals surface area contributed by atoms with Crippen LogP contribution in [0.4, 0.5) is 0 Å². The van der Waals surface area contributed by atoms with E-state index in [0.29, 0.717) is 10.6 Å². The quantitative estimate of drug-likeness (QED) is 0.834. The van der Waals surface area contributed by atoms with Crippen LogP contribution in [0.2, 0.25) is 23.2 Å². The molecule has 106 valence electrons. The highest BCUT2D eigenvalue weighted by molar-refractivity contribution is 6.74. The highest BCUT2D eigenvalue weighted by atomic mass is 35.5. The Hall–Kier alpha value is -0.843. The number of carboxylic acids is 1. The van der Waals surface area contributed by atoms with Crippen LogP contribution in [0, 0.1) is 0 Å². The molecule has 0 aliphatic heterocycles. The van der Waals surface area contributed by atoms with Crippen LogP contribution in [-0.2, 0) is 9.22 Å². The number of rotatable bonds is 4. The molecule has 1 aromatic rings. The molecule has 0 amide bonds. The summed E-state index contributed by atoms with van der Waals surface area (Å²) in [6.45, 7) is 10.3. The van der Waals surface area contributed by atoms with Crippen molar-refractivity contribution in [2.24, 2.45) is 0 Å². The third kappa shape index (κ3) is 4.06. The Balaban J connectivity index is 3.04. The first-order valence-corrected chi connectivity index (χ1v) is 9.49. The number of halogens is 1. The molecule has 1 rings (SSSR count). The van der Waals surface area contributed by atoms with E-state index in [1.165, 1.54) is 0 Å². The Kier molecular flexibility index (Phi) is 4.82. The van der Waals surface area contributed by atoms with E-state index in [4.69, 9.17) is 16.0 Å². The van der Waals surface area contributed by atoms with Gasteiger partial charge in [0.15, 0.2) is 14.4 Å². The second kappa shape index (κ2) is 5.65. The van der Waals surface area contributed by atoms with E-state index in [-0.39, 0.29) is 5.04 Å². The first-order chi connectivity index (χ1) is 8.54. The molecule has 3 nitrogen and oxygen atoms in total. The van der Waals surface area contributed by atoms with Crippen LogP contribution >= 0.6 is 11.6 Å². The molecule has 0 radical (unpaired) electrons. The minimum absolute atomic E-state index is 0.0346. The predicted octanol–water partition coefficient (Wildman–Crippen LogP) is 4.49. The van der Waals surface area contributed by atoms with Gasteiger partial charge in [0.1, 0.15) is 0 Å². The average molecular weight is 301 g/mol. The van der Waals surface area contributed by atoms with Gasteiger partial charge in [-0.2, -0.15) is 0 Å². The van der Waals surface area contributed by atoms with E-state index in [0.717, 1.165) is 0 Å². The Labute approximate surface area is 120 Å². The van der Waals surface area contributed by atoms with Gasteiger partial charge in [-0.25, -0.2) is 4.79 Å². The van der Waals surface area contributed by atoms with Gasteiger partial charge in [0.2, 0.25) is 0 Å². The summed E-state index contributed by atoms with van der Waals surface area (Å²) in [6, 6.07) is 6.77. The van der Waals surface area contributed by atoms with Gasteiger partial charge in [-0.15, -0.1) is 0 Å². The molecule has 1 atom stereocenters. The van der Waals surface area contributed by atoms with Crippen molar-refractivity contribution >= 4 is 25.9 Å². The molecule has 5 heteroatoms. The van der Waals surface area contributed by atoms with Gasteiger partial charge in [0.05, 0.1) is 0 Å². The monoisotopic (exact) mass is 300 g/mol. The third-order valence-electron chi connectivity index (χ3n) is 3.62. The lowest BCUT2D eigenvalue weighted by molar-refractivity contribution is -0.146. The largest absolute Gasteiger partial charge is 0.479 e. The zero-order valence-electron chi connectivity index (χ0n) is 12.0. The van der Waals surface area contributed by atoms with Crippen LogP contribution < -0.4 is 0 Å². The molecule has 0 aliphatic rings. The van der Waals surface area contributed by atoms with E-state index in [2.05, 4.69) is 20.8 Å². The van der Waals surface area contributed by atoms with Crippen molar-refractivity contribution in [1.82, 2.24) is 0 Å². The highest BCUT2D eigenvalue weighted by Crippen LogP contribution is 2.39. The summed E-state index contributed by atoms with van der Waals surface area (Å²) in [5, 5.41) is 9.94. The summed E-state index contributed by atoms with van der Waals surface area (Å²) >= 11 is 5.82. The van der Waals surface area contributed by atoms with Gasteiger partial charge in [0.25, 0.3) is 0 Å². The summed E-state index contributed by atoms with van der Waals surface area (Å²) in [5.41, 5.74) is 0.627. The SMILES string of the molecule is CC(C)(C)[Si](C)(C)OC(C(=O)O)c1ccc(Cl)cc1. The fourth-order valence-corrected chi connectivity index (χ4v) is 2.68. The molecular formula is C14H21ClO3Si. The summed E-state index contributed by atoms with van der Waals surface area (Å²) in [7, 11) is -2.14. The number of carboxylic acid groups (broad SMARTS) is 1. The Morgan fingerprint density at radius 1 is 1.26 bits per heavy atom. The Morgan fingerprint density at radius 2 is 1.74 bits per heavy atom. The molecular weight excluding hydrogens is 280 g/mol. The smallest absolute Gasteiger partial charge is 0.336 e. The number of carbonyl (C=O) groups is 1. The Morgan fingerprint density at radius 3 is 2.11 bits per heavy atom. The number of hydrogen-bond acceptors (Lipinski definition) is 2. The first kappa shape index (κ1) is 16.2. The van der Waals surface area contributed by atoms with Crippen molar-refractivity contribution in [2.45, 2.75) is 45.0 Å². The maximum Gasteiger partial charge on any atom is 0.336 e. The zero-order valence-corrected chi connectivity index (χ0v) is 13.8. The zero-order chi connectivity index (χ0) is 14.8. The minimum atomic E-state index is -2.14. The first-order valence-electron chi connectivity index (χ1n) is 6.21. The number of benzene rings is 1. The molecule has 0 bridgehead atoms. The second-order valence-electron chi connectivity index (χ2n) is 6.15. The molecule has 0 saturated carbocycles. The maximum atomic E-state index is 11.5. The molecule has 0 spiro atoms. The maximum absolute atomic E-state index is 11.5. The molecule has 1 unspecified atom stereocenters. The predicted molar refractivity (Wildman–Crippen MR) is 80.1 cm³/mol. The summed E-state index contributed by atoms with van der Waals surface area (Å²) in [4.78, 5) is 11.5. The number of aliphatic carboxylic acids is 1. The molecule has 1 N–H and O–H groups in total. The molecule has 19 heavy (non-hydrogen) atoms. The molecule has 0 fully saturated rings. The minimum Gasteiger partial charge on any atom is -0.479 e. The van der Waals surface area contributed by atoms with Crippen LogP contribution in [0.25, 0.3) is 0 Å². The van der Waals surface area contributed by atoms with Gasteiger partial charge in [0, 0.05) is 5.02 Å². The summed E-state index contributed by atoms with van der Waals surface area (Å²) < 4.78 is 5.99. The topological polar surface area (TPSA) is 46.5 Å². The van der Waals surface area contributed by atoms with Gasteiger partial charge in [-0.3, -0.25) is 0 Å². The average Bonchev–Trinajstić information content (AvgIpc) is 2.25. The van der Waals surface area contributed by atoms with Crippen LogP contribution in [0.5, 0.6) is 0 Å². The fraction of sp³-hybridized carbons (Fsp3) is 0.500. The van der Waals surface area contributed by atoms with Crippen LogP contribution in [0.1, 0.15) is 32.4 Å². The van der Waals surface area contributed by atoms with Gasteiger partial charge in [-0.05, 0) is 35.8 Å². The normalized spacial score (nSPS) is 14.2. The van der Waals surface area contributed by atoms with E-state index in [9.17, 15) is 9.90 Å². The summed E-state index contributed by atoms with van der Waals surface area (Å²) in [6.07, 6.45) is -0.932. The highest BCUT2D eigenvalue weighted by Gasteiger charge is 2.41. The van der Waals surface area contributed by atoms with Crippen LogP contribution in [0.15, 0.2) is 24.3 Å². The van der Waals surface area contributed by atoms with Crippen LogP contribution in [0.3, 0.4) is 0 Å². The lowest BCUT2D eigenvalue weighted by Crippen LogP contribution is -2.43. The van der Waals surface area contributed by atoms with E-state index in [1.54, 1.807) is 24.3 Å². The van der Waals surface area contributed by atoms with E-state index < -0.39 is 20.4 Å². The van der Waals surface area contributed by atoms with E-state index >= 15 is 0 Å². The number of hydrogen-bond donors (Lipinski definition) is 1. The third-order valence-corrected chi connectivity index (χ3v) is 8.31. The van der Waals surface area contributed by atoms with E-state index in [1.807, 2.05) is 13.1 Å². The van der Waals surface area contributed by atoms with Crippen molar-refractivity contribution in [1.29, 1.82) is 0 Å².